The maximum Gasteiger partial charge on any atom is 0.321 e. The number of rotatable bonds is 9. The Balaban J connectivity index is 2.11. The molecule has 0 N–H and O–H groups in total. The lowest BCUT2D eigenvalue weighted by atomic mass is 9.70. The van der Waals surface area contributed by atoms with Crippen LogP contribution in [-0.2, 0) is 19.1 Å². The quantitative estimate of drug-likeness (QED) is 0.308. The Kier molecular flexibility index (Phi) is 7.34. The summed E-state index contributed by atoms with van der Waals surface area (Å²) in [6, 6.07) is 9.42. The number of cyclic esters (lactones) is 1. The van der Waals surface area contributed by atoms with Crippen LogP contribution in [0, 0.1) is 11.3 Å². The third-order valence-corrected chi connectivity index (χ3v) is 5.98. The number of carbonyl (C=O) groups is 3. The van der Waals surface area contributed by atoms with E-state index in [4.69, 9.17) is 28.4 Å². The van der Waals surface area contributed by atoms with E-state index in [9.17, 15) is 14.4 Å². The van der Waals surface area contributed by atoms with Crippen molar-refractivity contribution in [3.63, 3.8) is 0 Å². The van der Waals surface area contributed by atoms with Crippen LogP contribution in [0.1, 0.15) is 35.9 Å². The molecule has 2 aromatic rings. The Morgan fingerprint density at radius 1 is 0.882 bits per heavy atom. The summed E-state index contributed by atoms with van der Waals surface area (Å²) < 4.78 is 32.0. The van der Waals surface area contributed by atoms with Gasteiger partial charge in [0.25, 0.3) is 0 Å². The molecule has 1 aliphatic heterocycles. The highest BCUT2D eigenvalue weighted by molar-refractivity contribution is 6.16. The van der Waals surface area contributed by atoms with Crippen molar-refractivity contribution < 1.29 is 42.8 Å². The summed E-state index contributed by atoms with van der Waals surface area (Å²) in [6.45, 7) is 3.12. The smallest absolute Gasteiger partial charge is 0.321 e. The number of benzene rings is 2. The molecule has 0 aromatic heterocycles. The number of esters is 2. The Morgan fingerprint density at radius 3 is 2.00 bits per heavy atom. The molecule has 0 aliphatic carbocycles. The van der Waals surface area contributed by atoms with Gasteiger partial charge in [0.1, 0.15) is 17.4 Å². The number of hydrogen-bond acceptors (Lipinski definition) is 9. The lowest BCUT2D eigenvalue weighted by Crippen LogP contribution is -2.43. The fourth-order valence-corrected chi connectivity index (χ4v) is 4.13. The second-order valence-electron chi connectivity index (χ2n) is 7.77. The van der Waals surface area contributed by atoms with Gasteiger partial charge in [0.05, 0.1) is 35.0 Å². The Bertz CT molecular complexity index is 1090. The van der Waals surface area contributed by atoms with E-state index in [1.54, 1.807) is 31.2 Å². The molecule has 182 valence electrons. The van der Waals surface area contributed by atoms with Crippen LogP contribution in [0.2, 0.25) is 0 Å². The summed E-state index contributed by atoms with van der Waals surface area (Å²) in [5.74, 6) is -1.80. The zero-order valence-electron chi connectivity index (χ0n) is 20.0. The van der Waals surface area contributed by atoms with Gasteiger partial charge < -0.3 is 28.4 Å². The van der Waals surface area contributed by atoms with Crippen LogP contribution < -0.4 is 18.9 Å². The minimum absolute atomic E-state index is 0.0722. The molecule has 0 amide bonds. The third kappa shape index (κ3) is 4.13. The normalized spacial score (nSPS) is 21.4. The average molecular weight is 472 g/mol. The number of carbonyl (C=O) groups excluding carboxylic acids is 3. The predicted molar refractivity (Wildman–Crippen MR) is 120 cm³/mol. The average Bonchev–Trinajstić information content (AvgIpc) is 3.13. The maximum atomic E-state index is 13.7. The molecule has 9 heteroatoms. The van der Waals surface area contributed by atoms with Gasteiger partial charge in [-0.1, -0.05) is 6.07 Å². The number of hydrogen-bond donors (Lipinski definition) is 0. The van der Waals surface area contributed by atoms with Crippen molar-refractivity contribution >= 4 is 17.7 Å². The van der Waals surface area contributed by atoms with Crippen molar-refractivity contribution in [3.05, 3.63) is 47.5 Å². The monoisotopic (exact) mass is 472 g/mol. The fourth-order valence-electron chi connectivity index (χ4n) is 4.13. The highest BCUT2D eigenvalue weighted by Crippen LogP contribution is 2.51. The fraction of sp³-hybridized carbons (Fsp3) is 0.400. The first-order valence-corrected chi connectivity index (χ1v) is 10.6. The summed E-state index contributed by atoms with van der Waals surface area (Å²) in [5, 5.41) is 0. The number of ketones is 1. The summed E-state index contributed by atoms with van der Waals surface area (Å²) in [6.07, 6.45) is -1.07. The van der Waals surface area contributed by atoms with Gasteiger partial charge in [-0.05, 0) is 49.7 Å². The SMILES string of the molecule is CCOC(=O)[C@@H]1[C@H](c2ccc(OC)c(OC)c2)OC(=O)[C@]1(C)C(=O)c1ccc(OC)c(OC)c1. The molecule has 1 fully saturated rings. The third-order valence-electron chi connectivity index (χ3n) is 5.98. The van der Waals surface area contributed by atoms with Crippen molar-refractivity contribution in [1.29, 1.82) is 0 Å². The van der Waals surface area contributed by atoms with E-state index in [1.165, 1.54) is 47.5 Å². The molecular weight excluding hydrogens is 444 g/mol. The van der Waals surface area contributed by atoms with Crippen LogP contribution in [0.4, 0.5) is 0 Å². The second kappa shape index (κ2) is 10.0. The highest BCUT2D eigenvalue weighted by Gasteiger charge is 2.63. The first-order valence-electron chi connectivity index (χ1n) is 10.6. The van der Waals surface area contributed by atoms with Crippen LogP contribution in [-0.4, -0.2) is 52.8 Å². The summed E-state index contributed by atoms with van der Waals surface area (Å²) in [5.41, 5.74) is -1.21. The highest BCUT2D eigenvalue weighted by atomic mass is 16.6. The van der Waals surface area contributed by atoms with Crippen molar-refractivity contribution in [2.24, 2.45) is 11.3 Å². The van der Waals surface area contributed by atoms with Gasteiger partial charge in [0.2, 0.25) is 0 Å². The topological polar surface area (TPSA) is 107 Å². The van der Waals surface area contributed by atoms with Gasteiger partial charge >= 0.3 is 11.9 Å². The Morgan fingerprint density at radius 2 is 1.44 bits per heavy atom. The summed E-state index contributed by atoms with van der Waals surface area (Å²) >= 11 is 0. The molecular formula is C25H28O9. The molecule has 3 atom stereocenters. The van der Waals surface area contributed by atoms with E-state index in [2.05, 4.69) is 0 Å². The summed E-state index contributed by atoms with van der Waals surface area (Å²) in [7, 11) is 5.87. The van der Waals surface area contributed by atoms with Gasteiger partial charge in [0.15, 0.2) is 28.8 Å². The Hall–Kier alpha value is -3.75. The molecule has 1 aliphatic rings. The van der Waals surface area contributed by atoms with Crippen LogP contribution >= 0.6 is 0 Å². The van der Waals surface area contributed by atoms with Crippen molar-refractivity contribution in [1.82, 2.24) is 0 Å². The van der Waals surface area contributed by atoms with Gasteiger partial charge in [-0.3, -0.25) is 14.4 Å². The van der Waals surface area contributed by atoms with Crippen LogP contribution in [0.15, 0.2) is 36.4 Å². The van der Waals surface area contributed by atoms with Crippen LogP contribution in [0.3, 0.4) is 0 Å². The molecule has 34 heavy (non-hydrogen) atoms. The van der Waals surface area contributed by atoms with Crippen LogP contribution in [0.25, 0.3) is 0 Å². The van der Waals surface area contributed by atoms with E-state index >= 15 is 0 Å². The first kappa shape index (κ1) is 24.9. The molecule has 0 saturated carbocycles. The standard InChI is InChI=1S/C25H28O9/c1-7-33-23(27)20-21(14-8-10-16(29-3)18(12-14)31-5)34-24(28)25(20,2)22(26)15-9-11-17(30-4)19(13-15)32-6/h8-13,20-21H,7H2,1-6H3/t20-,21-,25-/m0/s1. The molecule has 1 heterocycles. The molecule has 2 aromatic carbocycles. The zero-order valence-corrected chi connectivity index (χ0v) is 20.0. The van der Waals surface area contributed by atoms with E-state index in [-0.39, 0.29) is 12.2 Å². The van der Waals surface area contributed by atoms with E-state index in [0.29, 0.717) is 28.6 Å². The van der Waals surface area contributed by atoms with Gasteiger partial charge in [-0.15, -0.1) is 0 Å². The van der Waals surface area contributed by atoms with E-state index in [0.717, 1.165) is 0 Å². The van der Waals surface area contributed by atoms with Crippen LogP contribution in [0.5, 0.6) is 23.0 Å². The molecule has 0 bridgehead atoms. The number of methoxy groups -OCH3 is 4. The molecule has 3 rings (SSSR count). The second-order valence-corrected chi connectivity index (χ2v) is 7.77. The lowest BCUT2D eigenvalue weighted by Gasteiger charge is -2.26. The molecule has 0 radical (unpaired) electrons. The molecule has 0 spiro atoms. The predicted octanol–water partition coefficient (Wildman–Crippen LogP) is 3.39. The maximum absolute atomic E-state index is 13.7. The first-order chi connectivity index (χ1) is 16.3. The van der Waals surface area contributed by atoms with E-state index in [1.807, 2.05) is 0 Å². The largest absolute Gasteiger partial charge is 0.493 e. The molecule has 1 saturated heterocycles. The van der Waals surface area contributed by atoms with E-state index < -0.39 is 35.2 Å². The number of Topliss-reactive ketones (excluding diaryl/α,β-unsaturated/α-hetero) is 1. The van der Waals surface area contributed by atoms with Crippen molar-refractivity contribution in [2.75, 3.05) is 35.0 Å². The Labute approximate surface area is 197 Å². The minimum Gasteiger partial charge on any atom is -0.493 e. The molecule has 9 nitrogen and oxygen atoms in total. The molecule has 0 unspecified atom stereocenters. The van der Waals surface area contributed by atoms with Crippen molar-refractivity contribution in [2.45, 2.75) is 20.0 Å². The van der Waals surface area contributed by atoms with Gasteiger partial charge in [0, 0.05) is 5.56 Å². The minimum atomic E-state index is -1.84. The lowest BCUT2D eigenvalue weighted by molar-refractivity contribution is -0.152. The number of ether oxygens (including phenoxy) is 6. The van der Waals surface area contributed by atoms with Gasteiger partial charge in [-0.25, -0.2) is 0 Å². The summed E-state index contributed by atoms with van der Waals surface area (Å²) in [4.78, 5) is 40.0. The zero-order chi connectivity index (χ0) is 25.0. The van der Waals surface area contributed by atoms with Gasteiger partial charge in [-0.2, -0.15) is 0 Å². The van der Waals surface area contributed by atoms with Crippen molar-refractivity contribution in [3.8, 4) is 23.0 Å².